The molecule has 2 N–H and O–H groups in total. The topological polar surface area (TPSA) is 29.3 Å². The number of nitrogens with two attached hydrogens (primary N) is 1. The molecular formula is C14H24N2S. The number of nitrogens with zero attached hydrogens (tertiary/aromatic N) is 1. The molecule has 1 aromatic rings. The van der Waals surface area contributed by atoms with Gasteiger partial charge in [0.25, 0.3) is 0 Å². The van der Waals surface area contributed by atoms with Gasteiger partial charge < -0.3 is 5.73 Å². The highest BCUT2D eigenvalue weighted by Crippen LogP contribution is 2.38. The number of hydrogen-bond donors (Lipinski definition) is 1. The summed E-state index contributed by atoms with van der Waals surface area (Å²) in [5.74, 6) is 0. The van der Waals surface area contributed by atoms with Gasteiger partial charge in [0.2, 0.25) is 0 Å². The Morgan fingerprint density at radius 3 is 2.59 bits per heavy atom. The summed E-state index contributed by atoms with van der Waals surface area (Å²) in [6.45, 7) is 11.4. The fourth-order valence-corrected chi connectivity index (χ4v) is 3.99. The molecular weight excluding hydrogens is 228 g/mol. The zero-order valence-corrected chi connectivity index (χ0v) is 12.2. The van der Waals surface area contributed by atoms with Gasteiger partial charge in [-0.1, -0.05) is 13.8 Å². The summed E-state index contributed by atoms with van der Waals surface area (Å²) in [6.07, 6.45) is 1.28. The van der Waals surface area contributed by atoms with Crippen LogP contribution in [0.1, 0.15) is 43.7 Å². The van der Waals surface area contributed by atoms with Gasteiger partial charge in [0.1, 0.15) is 0 Å². The quantitative estimate of drug-likeness (QED) is 0.895. The van der Waals surface area contributed by atoms with E-state index < -0.39 is 0 Å². The van der Waals surface area contributed by atoms with E-state index in [1.54, 1.807) is 0 Å². The highest BCUT2D eigenvalue weighted by Gasteiger charge is 2.36. The Bertz CT molecular complexity index is 381. The van der Waals surface area contributed by atoms with Crippen LogP contribution in [0.3, 0.4) is 0 Å². The first-order chi connectivity index (χ1) is 7.91. The van der Waals surface area contributed by atoms with Crippen molar-refractivity contribution in [2.75, 3.05) is 13.1 Å². The van der Waals surface area contributed by atoms with Crippen molar-refractivity contribution < 1.29 is 0 Å². The second-order valence-electron chi connectivity index (χ2n) is 6.16. The zero-order valence-electron chi connectivity index (χ0n) is 11.4. The monoisotopic (exact) mass is 252 g/mol. The normalized spacial score (nSPS) is 23.8. The van der Waals surface area contributed by atoms with Crippen LogP contribution in [0.5, 0.6) is 0 Å². The highest BCUT2D eigenvalue weighted by molar-refractivity contribution is 7.10. The molecule has 0 aromatic carbocycles. The first kappa shape index (κ1) is 13.1. The van der Waals surface area contributed by atoms with Crippen LogP contribution in [-0.2, 0) is 0 Å². The molecule has 96 valence electrons. The van der Waals surface area contributed by atoms with Gasteiger partial charge in [0.15, 0.2) is 0 Å². The molecule has 17 heavy (non-hydrogen) atoms. The van der Waals surface area contributed by atoms with Crippen LogP contribution in [0.15, 0.2) is 11.4 Å². The largest absolute Gasteiger partial charge is 0.326 e. The Hall–Kier alpha value is -0.380. The summed E-state index contributed by atoms with van der Waals surface area (Å²) in [4.78, 5) is 4.03. The summed E-state index contributed by atoms with van der Waals surface area (Å²) >= 11 is 1.85. The number of rotatable bonds is 3. The predicted molar refractivity (Wildman–Crippen MR) is 75.4 cm³/mol. The van der Waals surface area contributed by atoms with Crippen molar-refractivity contribution in [3.63, 3.8) is 0 Å². The summed E-state index contributed by atoms with van der Waals surface area (Å²) in [6, 6.07) is 2.80. The van der Waals surface area contributed by atoms with Crippen molar-refractivity contribution in [1.29, 1.82) is 0 Å². The van der Waals surface area contributed by atoms with Crippen molar-refractivity contribution >= 4 is 11.3 Å². The van der Waals surface area contributed by atoms with Crippen LogP contribution < -0.4 is 5.73 Å². The standard InChI is InChI=1S/C14H24N2S/c1-10-5-8-17-13(10)12(11(2)15)16-7-6-14(3,4)9-16/h5,8,11-12H,6-7,9,15H2,1-4H3. The molecule has 3 heteroatoms. The Labute approximate surface area is 109 Å². The molecule has 2 heterocycles. The summed E-state index contributed by atoms with van der Waals surface area (Å²) in [7, 11) is 0. The lowest BCUT2D eigenvalue weighted by Gasteiger charge is -2.32. The van der Waals surface area contributed by atoms with E-state index in [-0.39, 0.29) is 6.04 Å². The second kappa shape index (κ2) is 4.71. The third-order valence-electron chi connectivity index (χ3n) is 3.77. The van der Waals surface area contributed by atoms with E-state index in [1.165, 1.54) is 23.4 Å². The number of hydrogen-bond acceptors (Lipinski definition) is 3. The smallest absolute Gasteiger partial charge is 0.0593 e. The summed E-state index contributed by atoms with van der Waals surface area (Å²) in [5.41, 5.74) is 8.06. The summed E-state index contributed by atoms with van der Waals surface area (Å²) in [5, 5.41) is 2.18. The fourth-order valence-electron chi connectivity index (χ4n) is 2.82. The van der Waals surface area contributed by atoms with E-state index in [0.29, 0.717) is 11.5 Å². The lowest BCUT2D eigenvalue weighted by atomic mass is 9.93. The van der Waals surface area contributed by atoms with E-state index in [9.17, 15) is 0 Å². The van der Waals surface area contributed by atoms with Crippen molar-refractivity contribution in [1.82, 2.24) is 4.90 Å². The Morgan fingerprint density at radius 1 is 1.47 bits per heavy atom. The highest BCUT2D eigenvalue weighted by atomic mass is 32.1. The third-order valence-corrected chi connectivity index (χ3v) is 4.86. The average molecular weight is 252 g/mol. The molecule has 0 aliphatic carbocycles. The van der Waals surface area contributed by atoms with Crippen LogP contribution >= 0.6 is 11.3 Å². The molecule has 0 radical (unpaired) electrons. The third kappa shape index (κ3) is 2.72. The van der Waals surface area contributed by atoms with Gasteiger partial charge in [-0.25, -0.2) is 0 Å². The predicted octanol–water partition coefficient (Wildman–Crippen LogP) is 3.18. The minimum Gasteiger partial charge on any atom is -0.326 e. The van der Waals surface area contributed by atoms with Gasteiger partial charge in [-0.15, -0.1) is 11.3 Å². The van der Waals surface area contributed by atoms with Gasteiger partial charge in [0, 0.05) is 17.5 Å². The lowest BCUT2D eigenvalue weighted by Crippen LogP contribution is -2.38. The maximum absolute atomic E-state index is 6.23. The zero-order chi connectivity index (χ0) is 12.6. The van der Waals surface area contributed by atoms with Gasteiger partial charge >= 0.3 is 0 Å². The molecule has 2 atom stereocenters. The molecule has 1 aliphatic heterocycles. The molecule has 0 saturated carbocycles. The van der Waals surface area contributed by atoms with Crippen molar-refractivity contribution in [2.45, 2.75) is 46.2 Å². The van der Waals surface area contributed by atoms with Crippen LogP contribution in [0.25, 0.3) is 0 Å². The first-order valence-electron chi connectivity index (χ1n) is 6.44. The Morgan fingerprint density at radius 2 is 2.18 bits per heavy atom. The number of likely N-dealkylation sites (tertiary alicyclic amines) is 1. The van der Waals surface area contributed by atoms with E-state index in [0.717, 1.165) is 6.54 Å². The molecule has 2 nitrogen and oxygen atoms in total. The van der Waals surface area contributed by atoms with Gasteiger partial charge in [-0.3, -0.25) is 4.90 Å². The van der Waals surface area contributed by atoms with Crippen LogP contribution in [0, 0.1) is 12.3 Å². The van der Waals surface area contributed by atoms with Gasteiger partial charge in [0.05, 0.1) is 6.04 Å². The van der Waals surface area contributed by atoms with Crippen molar-refractivity contribution in [2.24, 2.45) is 11.1 Å². The molecule has 1 aliphatic rings. The molecule has 1 fully saturated rings. The van der Waals surface area contributed by atoms with Crippen LogP contribution in [-0.4, -0.2) is 24.0 Å². The second-order valence-corrected chi connectivity index (χ2v) is 7.10. The first-order valence-corrected chi connectivity index (χ1v) is 7.32. The molecule has 0 amide bonds. The molecule has 2 rings (SSSR count). The van der Waals surface area contributed by atoms with Crippen molar-refractivity contribution in [3.8, 4) is 0 Å². The SMILES string of the molecule is Cc1ccsc1C(C(C)N)N1CCC(C)(C)C1. The molecule has 1 aromatic heterocycles. The maximum Gasteiger partial charge on any atom is 0.0593 e. The van der Waals surface area contributed by atoms with E-state index in [2.05, 4.69) is 44.0 Å². The van der Waals surface area contributed by atoms with E-state index in [4.69, 9.17) is 5.73 Å². The lowest BCUT2D eigenvalue weighted by molar-refractivity contribution is 0.199. The maximum atomic E-state index is 6.23. The van der Waals surface area contributed by atoms with E-state index in [1.807, 2.05) is 11.3 Å². The molecule has 2 unspecified atom stereocenters. The van der Waals surface area contributed by atoms with Crippen LogP contribution in [0.2, 0.25) is 0 Å². The van der Waals surface area contributed by atoms with Crippen molar-refractivity contribution in [3.05, 3.63) is 21.9 Å². The number of thiophene rings is 1. The summed E-state index contributed by atoms with van der Waals surface area (Å²) < 4.78 is 0. The molecule has 0 spiro atoms. The fraction of sp³-hybridized carbons (Fsp3) is 0.714. The minimum atomic E-state index is 0.196. The van der Waals surface area contributed by atoms with Crippen LogP contribution in [0.4, 0.5) is 0 Å². The number of aryl methyl sites for hydroxylation is 1. The molecule has 0 bridgehead atoms. The van der Waals surface area contributed by atoms with Gasteiger partial charge in [-0.2, -0.15) is 0 Å². The Kier molecular flexibility index (Phi) is 3.62. The average Bonchev–Trinajstić information content (AvgIpc) is 2.75. The van der Waals surface area contributed by atoms with E-state index >= 15 is 0 Å². The Balaban J connectivity index is 2.23. The molecule has 1 saturated heterocycles. The minimum absolute atomic E-state index is 0.196. The van der Waals surface area contributed by atoms with Gasteiger partial charge in [-0.05, 0) is 49.2 Å².